The van der Waals surface area contributed by atoms with Crippen molar-refractivity contribution >= 4 is 30.2 Å². The van der Waals surface area contributed by atoms with E-state index in [1.165, 1.54) is 12.8 Å². The molecule has 6 nitrogen and oxygen atoms in total. The molecule has 0 aliphatic carbocycles. The van der Waals surface area contributed by atoms with Gasteiger partial charge in [-0.05, 0) is 20.3 Å². The smallest absolute Gasteiger partial charge is 0.427 e. The second-order valence-electron chi connectivity index (χ2n) is 7.19. The van der Waals surface area contributed by atoms with Crippen LogP contribution in [0.4, 0.5) is 13.2 Å². The molecule has 0 fully saturated rings. The lowest BCUT2D eigenvalue weighted by Crippen LogP contribution is -2.48. The van der Waals surface area contributed by atoms with Crippen molar-refractivity contribution in [3.05, 3.63) is 0 Å². The van der Waals surface area contributed by atoms with Gasteiger partial charge in [-0.15, -0.1) is 12.4 Å². The first-order valence-electron chi connectivity index (χ1n) is 11.1. The first-order valence-corrected chi connectivity index (χ1v) is 9.56. The second kappa shape index (κ2) is 14.5. The van der Waals surface area contributed by atoms with E-state index in [9.17, 15) is 22.8 Å². The first kappa shape index (κ1) is 23.8. The number of amides is 1. The van der Waals surface area contributed by atoms with Crippen molar-refractivity contribution in [3.8, 4) is 0 Å². The molecule has 10 heteroatoms. The largest absolute Gasteiger partial charge is 0.449 e. The zero-order chi connectivity index (χ0) is 24.3. The summed E-state index contributed by atoms with van der Waals surface area (Å²) in [6, 6.07) is 0. The number of halogens is 4. The molecule has 2 N–H and O–H groups in total. The third-order valence-electron chi connectivity index (χ3n) is 4.12. The van der Waals surface area contributed by atoms with Gasteiger partial charge < -0.3 is 9.64 Å². The van der Waals surface area contributed by atoms with Crippen LogP contribution in [0.2, 0.25) is 0 Å². The molecule has 0 spiro atoms. The number of hydrogen-bond acceptors (Lipinski definition) is 4. The molecule has 0 unspecified atom stereocenters. The number of hydrogen-bond donors (Lipinski definition) is 2. The summed E-state index contributed by atoms with van der Waals surface area (Å²) in [5.74, 6) is -2.99. The van der Waals surface area contributed by atoms with Crippen LogP contribution in [-0.2, 0) is 14.3 Å². The van der Waals surface area contributed by atoms with Gasteiger partial charge in [0, 0.05) is 17.5 Å². The number of likely N-dealkylation sites (N-methyl/N-ethyl adjacent to an activating group) is 1. The lowest BCUT2D eigenvalue weighted by atomic mass is 10.1. The van der Waals surface area contributed by atoms with E-state index in [1.54, 1.807) is 0 Å². The molecular weight excluding hydrogens is 411 g/mol. The third kappa shape index (κ3) is 13.4. The Hall–Kier alpha value is -1.51. The lowest BCUT2D eigenvalue weighted by molar-refractivity contribution is -0.257. The van der Waals surface area contributed by atoms with E-state index in [2.05, 4.69) is 17.0 Å². The molecule has 0 aliphatic rings. The molecule has 0 aromatic carbocycles. The predicted molar refractivity (Wildman–Crippen MR) is 109 cm³/mol. The summed E-state index contributed by atoms with van der Waals surface area (Å²) in [6.07, 6.45) is 3.31. The van der Waals surface area contributed by atoms with Gasteiger partial charge in [0.2, 0.25) is 11.5 Å². The quantitative estimate of drug-likeness (QED) is 0.194. The van der Waals surface area contributed by atoms with Crippen LogP contribution in [0.3, 0.4) is 0 Å². The van der Waals surface area contributed by atoms with Crippen molar-refractivity contribution < 1.29 is 31.6 Å². The number of carbonyl (C=O) groups excluding carboxylic acids is 2. The number of unbranched alkanes of at least 4 members (excludes halogenated alkanes) is 7. The normalized spacial score (nSPS) is 13.4. The van der Waals surface area contributed by atoms with Crippen LogP contribution < -0.4 is 5.32 Å². The SMILES string of the molecule is Cl.[2H]C([2H])([2H])N(CC(=O)OC(C)(C)C(F)(F)F)C(=N)NC(=O)CCCCCCCCCC. The highest BCUT2D eigenvalue weighted by Gasteiger charge is 2.50. The summed E-state index contributed by atoms with van der Waals surface area (Å²) in [5, 5.41) is 9.88. The molecule has 0 atom stereocenters. The molecule has 1 amide bonds. The Labute approximate surface area is 182 Å². The van der Waals surface area contributed by atoms with E-state index in [0.717, 1.165) is 32.1 Å². The molecule has 0 rings (SSSR count). The van der Waals surface area contributed by atoms with Crippen molar-refractivity contribution in [2.24, 2.45) is 0 Å². The molecular formula is C19H35ClF3N3O3. The van der Waals surface area contributed by atoms with Gasteiger partial charge in [-0.2, -0.15) is 13.2 Å². The summed E-state index contributed by atoms with van der Waals surface area (Å²) in [7, 11) is 0. The summed E-state index contributed by atoms with van der Waals surface area (Å²) in [5.41, 5.74) is -2.83. The Balaban J connectivity index is 0. The molecule has 0 aromatic heterocycles. The molecule has 0 saturated heterocycles. The minimum absolute atomic E-state index is 0. The average molecular weight is 449 g/mol. The maximum absolute atomic E-state index is 12.8. The monoisotopic (exact) mass is 448 g/mol. The van der Waals surface area contributed by atoms with E-state index in [-0.39, 0.29) is 23.7 Å². The summed E-state index contributed by atoms with van der Waals surface area (Å²) in [4.78, 5) is 24.1. The fourth-order valence-corrected chi connectivity index (χ4v) is 2.26. The van der Waals surface area contributed by atoms with Crippen molar-refractivity contribution in [1.29, 1.82) is 5.41 Å². The number of carbonyl (C=O) groups is 2. The van der Waals surface area contributed by atoms with Crippen LogP contribution in [-0.4, -0.2) is 48.0 Å². The number of nitrogens with one attached hydrogen (secondary N) is 2. The topological polar surface area (TPSA) is 82.5 Å². The minimum atomic E-state index is -4.86. The van der Waals surface area contributed by atoms with Gasteiger partial charge in [0.25, 0.3) is 0 Å². The van der Waals surface area contributed by atoms with Crippen molar-refractivity contribution in [2.45, 2.75) is 90.3 Å². The minimum Gasteiger partial charge on any atom is -0.449 e. The van der Waals surface area contributed by atoms with E-state index in [0.29, 0.717) is 20.3 Å². The van der Waals surface area contributed by atoms with E-state index >= 15 is 0 Å². The van der Waals surface area contributed by atoms with Crippen LogP contribution in [0, 0.1) is 5.41 Å². The van der Waals surface area contributed by atoms with Crippen molar-refractivity contribution in [2.75, 3.05) is 13.5 Å². The molecule has 0 heterocycles. The number of rotatable bonds is 12. The fourth-order valence-electron chi connectivity index (χ4n) is 2.26. The molecule has 172 valence electrons. The van der Waals surface area contributed by atoms with Gasteiger partial charge >= 0.3 is 12.1 Å². The highest BCUT2D eigenvalue weighted by molar-refractivity contribution is 5.96. The number of alkyl halides is 3. The van der Waals surface area contributed by atoms with Crippen LogP contribution >= 0.6 is 12.4 Å². The van der Waals surface area contributed by atoms with Crippen LogP contribution in [0.1, 0.15) is 82.7 Å². The predicted octanol–water partition coefficient (Wildman–Crippen LogP) is 4.81. The van der Waals surface area contributed by atoms with Gasteiger partial charge in [-0.1, -0.05) is 51.9 Å². The number of nitrogens with zero attached hydrogens (tertiary/aromatic N) is 1. The van der Waals surface area contributed by atoms with Gasteiger partial charge in [0.1, 0.15) is 6.54 Å². The summed E-state index contributed by atoms with van der Waals surface area (Å²) >= 11 is 0. The highest BCUT2D eigenvalue weighted by atomic mass is 35.5. The molecule has 0 aliphatic heterocycles. The van der Waals surface area contributed by atoms with Gasteiger partial charge in [-0.25, -0.2) is 0 Å². The Kier molecular flexibility index (Phi) is 11.9. The maximum Gasteiger partial charge on any atom is 0.427 e. The van der Waals surface area contributed by atoms with Crippen LogP contribution in [0.15, 0.2) is 0 Å². The van der Waals surface area contributed by atoms with Crippen LogP contribution in [0.5, 0.6) is 0 Å². The molecule has 29 heavy (non-hydrogen) atoms. The fraction of sp³-hybridized carbons (Fsp3) is 0.842. The standard InChI is InChI=1S/C19H34F3N3O3.ClH/c1-5-6-7-8-9-10-11-12-13-15(26)24-17(23)25(4)14-16(27)28-18(2,3)19(20,21)22;/h5-14H2,1-4H3,(H2,23,24,26);1H/i4D3;. The van der Waals surface area contributed by atoms with E-state index in [1.807, 2.05) is 0 Å². The number of ether oxygens (including phenoxy) is 1. The maximum atomic E-state index is 12.8. The molecule has 0 bridgehead atoms. The van der Waals surface area contributed by atoms with E-state index < -0.39 is 43.1 Å². The van der Waals surface area contributed by atoms with Crippen LogP contribution in [0.25, 0.3) is 0 Å². The zero-order valence-electron chi connectivity index (χ0n) is 20.3. The summed E-state index contributed by atoms with van der Waals surface area (Å²) < 4.78 is 65.1. The van der Waals surface area contributed by atoms with Gasteiger partial charge in [0.05, 0.1) is 0 Å². The lowest BCUT2D eigenvalue weighted by Gasteiger charge is -2.28. The Morgan fingerprint density at radius 1 is 1.07 bits per heavy atom. The Morgan fingerprint density at radius 2 is 1.59 bits per heavy atom. The van der Waals surface area contributed by atoms with E-state index in [4.69, 9.17) is 9.52 Å². The van der Waals surface area contributed by atoms with Gasteiger partial charge in [-0.3, -0.25) is 20.3 Å². The first-order chi connectivity index (χ1) is 14.1. The summed E-state index contributed by atoms with van der Waals surface area (Å²) in [6.45, 7) is -0.796. The zero-order valence-corrected chi connectivity index (χ0v) is 18.1. The highest BCUT2D eigenvalue weighted by Crippen LogP contribution is 2.32. The number of esters is 1. The van der Waals surface area contributed by atoms with Crippen molar-refractivity contribution in [3.63, 3.8) is 0 Å². The number of guanidine groups is 1. The Morgan fingerprint density at radius 3 is 2.07 bits per heavy atom. The second-order valence-corrected chi connectivity index (χ2v) is 7.19. The third-order valence-corrected chi connectivity index (χ3v) is 4.12. The average Bonchev–Trinajstić information content (AvgIpc) is 2.59. The van der Waals surface area contributed by atoms with Gasteiger partial charge in [0.15, 0.2) is 5.96 Å². The molecule has 0 radical (unpaired) electrons. The molecule has 0 aromatic rings. The molecule has 0 saturated carbocycles. The van der Waals surface area contributed by atoms with Crippen molar-refractivity contribution in [1.82, 2.24) is 10.2 Å². The Bertz CT molecular complexity index is 604.